The van der Waals surface area contributed by atoms with E-state index in [0.29, 0.717) is 30.3 Å². The van der Waals surface area contributed by atoms with Crippen molar-refractivity contribution in [2.45, 2.75) is 11.4 Å². The zero-order valence-electron chi connectivity index (χ0n) is 17.9. The van der Waals surface area contributed by atoms with Gasteiger partial charge in [-0.2, -0.15) is 4.31 Å². The number of hydrogen-bond donors (Lipinski definition) is 1. The molecule has 0 saturated carbocycles. The molecule has 0 atom stereocenters. The van der Waals surface area contributed by atoms with E-state index in [4.69, 9.17) is 13.9 Å². The number of morpholine rings is 1. The molecule has 10 heteroatoms. The van der Waals surface area contributed by atoms with Gasteiger partial charge >= 0.3 is 0 Å². The van der Waals surface area contributed by atoms with E-state index in [1.165, 1.54) is 41.7 Å². The summed E-state index contributed by atoms with van der Waals surface area (Å²) in [6, 6.07) is 13.5. The van der Waals surface area contributed by atoms with Crippen LogP contribution in [0.2, 0.25) is 0 Å². The molecule has 1 aliphatic rings. The summed E-state index contributed by atoms with van der Waals surface area (Å²) in [5, 5.41) is 2.72. The number of methoxy groups -OCH3 is 1. The van der Waals surface area contributed by atoms with Gasteiger partial charge in [-0.3, -0.25) is 4.79 Å². The normalized spacial score (nSPS) is 14.7. The van der Waals surface area contributed by atoms with Gasteiger partial charge in [-0.25, -0.2) is 12.8 Å². The van der Waals surface area contributed by atoms with Crippen LogP contribution in [0, 0.1) is 5.82 Å². The van der Waals surface area contributed by atoms with Crippen molar-refractivity contribution in [2.24, 2.45) is 0 Å². The number of hydrogen-bond acceptors (Lipinski definition) is 6. The van der Waals surface area contributed by atoms with Crippen molar-refractivity contribution in [2.75, 3.05) is 33.4 Å². The Morgan fingerprint density at radius 1 is 1.09 bits per heavy atom. The van der Waals surface area contributed by atoms with E-state index in [1.807, 2.05) is 0 Å². The number of sulfonamides is 1. The highest BCUT2D eigenvalue weighted by molar-refractivity contribution is 7.89. The molecule has 2 heterocycles. The minimum Gasteiger partial charge on any atom is -0.496 e. The third-order valence-electron chi connectivity index (χ3n) is 5.24. The molecule has 2 aromatic carbocycles. The summed E-state index contributed by atoms with van der Waals surface area (Å²) in [5.41, 5.74) is 0.800. The lowest BCUT2D eigenvalue weighted by Gasteiger charge is -2.26. The molecule has 33 heavy (non-hydrogen) atoms. The van der Waals surface area contributed by atoms with Gasteiger partial charge in [-0.1, -0.05) is 0 Å². The van der Waals surface area contributed by atoms with Crippen LogP contribution >= 0.6 is 0 Å². The number of ether oxygens (including phenoxy) is 2. The number of nitrogens with zero attached hydrogens (tertiary/aromatic N) is 1. The van der Waals surface area contributed by atoms with Crippen molar-refractivity contribution in [3.63, 3.8) is 0 Å². The third kappa shape index (κ3) is 5.08. The molecule has 1 saturated heterocycles. The van der Waals surface area contributed by atoms with E-state index in [0.717, 1.165) is 0 Å². The minimum absolute atomic E-state index is 0.00643. The second-order valence-electron chi connectivity index (χ2n) is 7.33. The van der Waals surface area contributed by atoms with Gasteiger partial charge in [0, 0.05) is 18.7 Å². The Labute approximate surface area is 191 Å². The first-order valence-electron chi connectivity index (χ1n) is 10.3. The fraction of sp³-hybridized carbons (Fsp3) is 0.261. The van der Waals surface area contributed by atoms with Gasteiger partial charge in [0.2, 0.25) is 10.0 Å². The minimum atomic E-state index is -3.77. The quantitative estimate of drug-likeness (QED) is 0.565. The number of furan rings is 1. The van der Waals surface area contributed by atoms with Gasteiger partial charge in [0.05, 0.1) is 37.3 Å². The Balaban J connectivity index is 1.49. The van der Waals surface area contributed by atoms with E-state index >= 15 is 0 Å². The van der Waals surface area contributed by atoms with Crippen LogP contribution < -0.4 is 10.1 Å². The van der Waals surface area contributed by atoms with Gasteiger partial charge in [0.15, 0.2) is 0 Å². The van der Waals surface area contributed by atoms with Crippen LogP contribution in [0.5, 0.6) is 5.75 Å². The Morgan fingerprint density at radius 3 is 2.52 bits per heavy atom. The molecule has 0 radical (unpaired) electrons. The third-order valence-corrected chi connectivity index (χ3v) is 7.13. The first-order chi connectivity index (χ1) is 15.9. The van der Waals surface area contributed by atoms with Crippen molar-refractivity contribution in [1.29, 1.82) is 0 Å². The molecule has 1 aromatic heterocycles. The van der Waals surface area contributed by atoms with Gasteiger partial charge < -0.3 is 19.2 Å². The Bertz CT molecular complexity index is 1230. The molecule has 0 spiro atoms. The molecule has 1 aliphatic heterocycles. The highest BCUT2D eigenvalue weighted by atomic mass is 32.2. The molecular weight excluding hydrogens is 451 g/mol. The van der Waals surface area contributed by atoms with E-state index in [1.54, 1.807) is 24.3 Å². The van der Waals surface area contributed by atoms with Crippen molar-refractivity contribution >= 4 is 15.9 Å². The monoisotopic (exact) mass is 474 g/mol. The highest BCUT2D eigenvalue weighted by Gasteiger charge is 2.28. The topological polar surface area (TPSA) is 98.1 Å². The summed E-state index contributed by atoms with van der Waals surface area (Å²) in [6.07, 6.45) is 0. The van der Waals surface area contributed by atoms with Crippen LogP contribution in [0.15, 0.2) is 63.9 Å². The van der Waals surface area contributed by atoms with Gasteiger partial charge in [-0.05, 0) is 54.6 Å². The summed E-state index contributed by atoms with van der Waals surface area (Å²) >= 11 is 0. The van der Waals surface area contributed by atoms with E-state index in [-0.39, 0.29) is 41.7 Å². The van der Waals surface area contributed by atoms with E-state index in [2.05, 4.69) is 5.32 Å². The lowest BCUT2D eigenvalue weighted by molar-refractivity contribution is 0.0730. The van der Waals surface area contributed by atoms with Crippen molar-refractivity contribution in [3.8, 4) is 17.1 Å². The molecule has 0 aliphatic carbocycles. The summed E-state index contributed by atoms with van der Waals surface area (Å²) in [6.45, 7) is 1.23. The molecule has 1 N–H and O–H groups in total. The lowest BCUT2D eigenvalue weighted by atomic mass is 10.2. The maximum atomic E-state index is 13.1. The summed E-state index contributed by atoms with van der Waals surface area (Å²) in [5.74, 6) is 0.421. The van der Waals surface area contributed by atoms with Crippen LogP contribution in [0.3, 0.4) is 0 Å². The average Bonchev–Trinajstić information content (AvgIpc) is 3.32. The largest absolute Gasteiger partial charge is 0.496 e. The predicted molar refractivity (Wildman–Crippen MR) is 118 cm³/mol. The maximum absolute atomic E-state index is 13.1. The molecule has 174 valence electrons. The molecular formula is C23H23FN2O6S. The second kappa shape index (κ2) is 9.74. The highest BCUT2D eigenvalue weighted by Crippen LogP contribution is 2.26. The molecule has 4 rings (SSSR count). The fourth-order valence-electron chi connectivity index (χ4n) is 3.47. The number of benzene rings is 2. The van der Waals surface area contributed by atoms with Gasteiger partial charge in [-0.15, -0.1) is 0 Å². The van der Waals surface area contributed by atoms with Gasteiger partial charge in [0.25, 0.3) is 5.91 Å². The predicted octanol–water partition coefficient (Wildman–Crippen LogP) is 3.05. The van der Waals surface area contributed by atoms with Crippen molar-refractivity contribution in [3.05, 3.63) is 71.7 Å². The van der Waals surface area contributed by atoms with Crippen molar-refractivity contribution < 1.29 is 31.5 Å². The fourth-order valence-corrected chi connectivity index (χ4v) is 4.90. The number of amides is 1. The number of halogens is 1. The lowest BCUT2D eigenvalue weighted by Crippen LogP contribution is -2.40. The van der Waals surface area contributed by atoms with Gasteiger partial charge in [0.1, 0.15) is 23.1 Å². The van der Waals surface area contributed by atoms with Crippen LogP contribution in [0.4, 0.5) is 4.39 Å². The smallest absolute Gasteiger partial charge is 0.255 e. The van der Waals surface area contributed by atoms with Crippen LogP contribution in [-0.2, 0) is 21.3 Å². The van der Waals surface area contributed by atoms with Crippen LogP contribution in [-0.4, -0.2) is 52.0 Å². The Hall–Kier alpha value is -3.21. The maximum Gasteiger partial charge on any atom is 0.255 e. The number of carbonyl (C=O) groups excluding carboxylic acids is 1. The SMILES string of the molecule is COc1ccc(S(=O)(=O)N2CCOCC2)cc1C(=O)NCc1ccc(-c2ccc(F)cc2)o1. The molecule has 0 unspecified atom stereocenters. The summed E-state index contributed by atoms with van der Waals surface area (Å²) in [7, 11) is -2.36. The molecule has 3 aromatic rings. The Kier molecular flexibility index (Phi) is 6.77. The molecule has 1 fully saturated rings. The van der Waals surface area contributed by atoms with Crippen LogP contribution in [0.1, 0.15) is 16.1 Å². The number of nitrogens with one attached hydrogen (secondary N) is 1. The average molecular weight is 475 g/mol. The Morgan fingerprint density at radius 2 is 1.82 bits per heavy atom. The van der Waals surface area contributed by atoms with Crippen molar-refractivity contribution in [1.82, 2.24) is 9.62 Å². The second-order valence-corrected chi connectivity index (χ2v) is 9.27. The first-order valence-corrected chi connectivity index (χ1v) is 11.7. The zero-order valence-corrected chi connectivity index (χ0v) is 18.7. The van der Waals surface area contributed by atoms with E-state index < -0.39 is 15.9 Å². The molecule has 1 amide bonds. The molecule has 0 bridgehead atoms. The van der Waals surface area contributed by atoms with E-state index in [9.17, 15) is 17.6 Å². The molecule has 8 nitrogen and oxygen atoms in total. The summed E-state index contributed by atoms with van der Waals surface area (Å²) in [4.78, 5) is 12.9. The van der Waals surface area contributed by atoms with Crippen LogP contribution in [0.25, 0.3) is 11.3 Å². The number of carbonyl (C=O) groups is 1. The first kappa shape index (κ1) is 23.0. The standard InChI is InChI=1S/C23H23FN2O6S/c1-30-22-9-7-19(33(28,29)26-10-12-31-13-11-26)14-20(22)23(27)25-15-18-6-8-21(32-18)16-2-4-17(24)5-3-16/h2-9,14H,10-13,15H2,1H3,(H,25,27). The summed E-state index contributed by atoms with van der Waals surface area (Å²) < 4.78 is 56.6. The number of rotatable bonds is 7. The zero-order chi connectivity index (χ0) is 23.4.